The molecule has 3 rings (SSSR count). The normalized spacial score (nSPS) is 29.7. The lowest BCUT2D eigenvalue weighted by Gasteiger charge is -2.37. The van der Waals surface area contributed by atoms with Gasteiger partial charge in [-0.1, -0.05) is 12.1 Å². The first-order chi connectivity index (χ1) is 9.67. The second-order valence-electron chi connectivity index (χ2n) is 5.91. The number of thioether (sulfide) groups is 1. The first-order valence-electron chi connectivity index (χ1n) is 7.26. The third-order valence-corrected chi connectivity index (χ3v) is 5.57. The fourth-order valence-electron chi connectivity index (χ4n) is 3.21. The lowest BCUT2D eigenvalue weighted by molar-refractivity contribution is -0.133. The highest BCUT2D eigenvalue weighted by Crippen LogP contribution is 2.40. The van der Waals surface area contributed by atoms with Gasteiger partial charge in [-0.2, -0.15) is 11.8 Å². The van der Waals surface area contributed by atoms with Crippen molar-refractivity contribution in [1.82, 2.24) is 0 Å². The van der Waals surface area contributed by atoms with E-state index in [2.05, 4.69) is 0 Å². The van der Waals surface area contributed by atoms with E-state index in [1.165, 1.54) is 0 Å². The van der Waals surface area contributed by atoms with E-state index in [4.69, 9.17) is 10.5 Å². The molecule has 20 heavy (non-hydrogen) atoms. The maximum atomic E-state index is 12.5. The highest BCUT2D eigenvalue weighted by atomic mass is 32.2. The summed E-state index contributed by atoms with van der Waals surface area (Å²) in [6.45, 7) is 0.730. The van der Waals surface area contributed by atoms with E-state index in [0.717, 1.165) is 48.6 Å². The predicted octanol–water partition coefficient (Wildman–Crippen LogP) is 2.68. The van der Waals surface area contributed by atoms with Gasteiger partial charge < -0.3 is 10.5 Å². The maximum Gasteiger partial charge on any atom is 0.140 e. The molecule has 2 unspecified atom stereocenters. The standard InChI is InChI=1S/C16H21NO2S/c17-14-3-1-2-12(8-14)9-15(18)13-4-6-19-16(10-13)5-7-20-11-16/h1-3,8,13H,4-7,9-11,17H2. The molecule has 0 bridgehead atoms. The molecule has 0 aromatic heterocycles. The Morgan fingerprint density at radius 2 is 2.40 bits per heavy atom. The molecule has 2 saturated heterocycles. The first kappa shape index (κ1) is 14.0. The minimum absolute atomic E-state index is 0.0149. The van der Waals surface area contributed by atoms with Gasteiger partial charge in [0, 0.05) is 30.4 Å². The molecule has 0 amide bonds. The lowest BCUT2D eigenvalue weighted by Crippen LogP contribution is -2.42. The molecule has 1 aromatic rings. The highest BCUT2D eigenvalue weighted by molar-refractivity contribution is 7.99. The molecular formula is C16H21NO2S. The van der Waals surface area contributed by atoms with Crippen LogP contribution in [0.15, 0.2) is 24.3 Å². The number of hydrogen-bond acceptors (Lipinski definition) is 4. The van der Waals surface area contributed by atoms with Crippen molar-refractivity contribution in [3.63, 3.8) is 0 Å². The number of benzene rings is 1. The van der Waals surface area contributed by atoms with Crippen LogP contribution in [0.3, 0.4) is 0 Å². The number of carbonyl (C=O) groups excluding carboxylic acids is 1. The highest BCUT2D eigenvalue weighted by Gasteiger charge is 2.42. The lowest BCUT2D eigenvalue weighted by atomic mass is 9.81. The summed E-state index contributed by atoms with van der Waals surface area (Å²) in [5.74, 6) is 2.71. The molecule has 3 nitrogen and oxygen atoms in total. The largest absolute Gasteiger partial charge is 0.399 e. The zero-order valence-corrected chi connectivity index (χ0v) is 12.5. The Labute approximate surface area is 124 Å². The number of carbonyl (C=O) groups is 1. The van der Waals surface area contributed by atoms with Crippen molar-refractivity contribution in [2.24, 2.45) is 5.92 Å². The summed E-state index contributed by atoms with van der Waals surface area (Å²) in [6.07, 6.45) is 3.37. The first-order valence-corrected chi connectivity index (χ1v) is 8.41. The third kappa shape index (κ3) is 3.01. The van der Waals surface area contributed by atoms with E-state index in [1.807, 2.05) is 36.0 Å². The second-order valence-corrected chi connectivity index (χ2v) is 7.02. The molecule has 1 spiro atoms. The number of ether oxygens (including phenoxy) is 1. The van der Waals surface area contributed by atoms with Crippen molar-refractivity contribution >= 4 is 23.2 Å². The number of rotatable bonds is 3. The Morgan fingerprint density at radius 1 is 1.50 bits per heavy atom. The number of Topliss-reactive ketones (excluding diaryl/α,β-unsaturated/α-hetero) is 1. The quantitative estimate of drug-likeness (QED) is 0.870. The SMILES string of the molecule is Nc1cccc(CC(=O)C2CCOC3(CCSC3)C2)c1. The van der Waals surface area contributed by atoms with Gasteiger partial charge in [0.25, 0.3) is 0 Å². The summed E-state index contributed by atoms with van der Waals surface area (Å²) >= 11 is 1.95. The molecule has 0 saturated carbocycles. The molecule has 2 fully saturated rings. The van der Waals surface area contributed by atoms with Crippen molar-refractivity contribution in [3.05, 3.63) is 29.8 Å². The van der Waals surface area contributed by atoms with Crippen molar-refractivity contribution in [2.75, 3.05) is 23.8 Å². The van der Waals surface area contributed by atoms with Gasteiger partial charge in [0.05, 0.1) is 5.60 Å². The van der Waals surface area contributed by atoms with E-state index in [-0.39, 0.29) is 11.5 Å². The zero-order chi connectivity index (χ0) is 14.0. The molecule has 0 aliphatic carbocycles. The van der Waals surface area contributed by atoms with Crippen LogP contribution in [0.5, 0.6) is 0 Å². The van der Waals surface area contributed by atoms with Crippen LogP contribution in [0.1, 0.15) is 24.8 Å². The minimum Gasteiger partial charge on any atom is -0.399 e. The molecule has 0 radical (unpaired) electrons. The predicted molar refractivity (Wildman–Crippen MR) is 82.9 cm³/mol. The zero-order valence-electron chi connectivity index (χ0n) is 11.6. The minimum atomic E-state index is -0.0149. The van der Waals surface area contributed by atoms with Crippen molar-refractivity contribution in [3.8, 4) is 0 Å². The van der Waals surface area contributed by atoms with Gasteiger partial charge in [-0.25, -0.2) is 0 Å². The Hall–Kier alpha value is -1.00. The van der Waals surface area contributed by atoms with E-state index in [9.17, 15) is 4.79 Å². The Balaban J connectivity index is 1.65. The Morgan fingerprint density at radius 3 is 3.15 bits per heavy atom. The average molecular weight is 291 g/mol. The molecule has 108 valence electrons. The van der Waals surface area contributed by atoms with Crippen LogP contribution in [0, 0.1) is 5.92 Å². The summed E-state index contributed by atoms with van der Waals surface area (Å²) < 4.78 is 5.98. The third-order valence-electron chi connectivity index (χ3n) is 4.34. The number of anilines is 1. The second kappa shape index (κ2) is 5.78. The topological polar surface area (TPSA) is 52.3 Å². The van der Waals surface area contributed by atoms with Gasteiger partial charge in [0.1, 0.15) is 5.78 Å². The smallest absolute Gasteiger partial charge is 0.140 e. The van der Waals surface area contributed by atoms with Crippen LogP contribution < -0.4 is 5.73 Å². The fourth-order valence-corrected chi connectivity index (χ4v) is 4.59. The van der Waals surface area contributed by atoms with Crippen molar-refractivity contribution in [2.45, 2.75) is 31.3 Å². The van der Waals surface area contributed by atoms with Crippen LogP contribution in [0.4, 0.5) is 5.69 Å². The van der Waals surface area contributed by atoms with Crippen LogP contribution in [0.25, 0.3) is 0 Å². The van der Waals surface area contributed by atoms with Gasteiger partial charge in [-0.15, -0.1) is 0 Å². The molecule has 1 aromatic carbocycles. The van der Waals surface area contributed by atoms with E-state index < -0.39 is 0 Å². The van der Waals surface area contributed by atoms with Crippen LogP contribution in [-0.4, -0.2) is 29.5 Å². The summed E-state index contributed by atoms with van der Waals surface area (Å²) in [7, 11) is 0. The number of ketones is 1. The van der Waals surface area contributed by atoms with Gasteiger partial charge >= 0.3 is 0 Å². The Bertz CT molecular complexity index is 497. The Kier molecular flexibility index (Phi) is 4.03. The van der Waals surface area contributed by atoms with E-state index in [0.29, 0.717) is 12.2 Å². The van der Waals surface area contributed by atoms with Gasteiger partial charge in [-0.3, -0.25) is 4.79 Å². The number of hydrogen-bond donors (Lipinski definition) is 1. The molecule has 2 N–H and O–H groups in total. The van der Waals surface area contributed by atoms with Crippen molar-refractivity contribution < 1.29 is 9.53 Å². The van der Waals surface area contributed by atoms with E-state index in [1.54, 1.807) is 0 Å². The average Bonchev–Trinajstić information content (AvgIpc) is 2.87. The summed E-state index contributed by atoms with van der Waals surface area (Å²) in [5, 5.41) is 0. The monoisotopic (exact) mass is 291 g/mol. The number of nitrogens with two attached hydrogens (primary N) is 1. The van der Waals surface area contributed by atoms with Gasteiger partial charge in [-0.05, 0) is 42.7 Å². The number of nitrogen functional groups attached to an aromatic ring is 1. The maximum absolute atomic E-state index is 12.5. The van der Waals surface area contributed by atoms with Crippen molar-refractivity contribution in [1.29, 1.82) is 0 Å². The molecular weight excluding hydrogens is 270 g/mol. The summed E-state index contributed by atoms with van der Waals surface area (Å²) in [4.78, 5) is 12.5. The molecule has 2 aliphatic rings. The van der Waals surface area contributed by atoms with Gasteiger partial charge in [0.15, 0.2) is 0 Å². The van der Waals surface area contributed by atoms with Gasteiger partial charge in [0.2, 0.25) is 0 Å². The summed E-state index contributed by atoms with van der Waals surface area (Å²) in [6, 6.07) is 7.65. The van der Waals surface area contributed by atoms with E-state index >= 15 is 0 Å². The molecule has 2 aliphatic heterocycles. The van der Waals surface area contributed by atoms with Crippen LogP contribution >= 0.6 is 11.8 Å². The van der Waals surface area contributed by atoms with Crippen LogP contribution in [-0.2, 0) is 16.0 Å². The molecule has 2 atom stereocenters. The molecule has 4 heteroatoms. The van der Waals surface area contributed by atoms with Crippen LogP contribution in [0.2, 0.25) is 0 Å². The summed E-state index contributed by atoms with van der Waals surface area (Å²) in [5.41, 5.74) is 7.51. The fraction of sp³-hybridized carbons (Fsp3) is 0.562. The molecule has 2 heterocycles.